The number of piperidine rings is 1. The first-order chi connectivity index (χ1) is 15.4. The van der Waals surface area contributed by atoms with Gasteiger partial charge in [0, 0.05) is 24.4 Å². The number of hydrogen-bond donors (Lipinski definition) is 1. The predicted octanol–water partition coefficient (Wildman–Crippen LogP) is 4.57. The highest BCUT2D eigenvalue weighted by Crippen LogP contribution is 2.29. The van der Waals surface area contributed by atoms with Gasteiger partial charge < -0.3 is 0 Å². The van der Waals surface area contributed by atoms with Crippen LogP contribution in [0.4, 0.5) is 5.13 Å². The smallest absolute Gasteiger partial charge is 0.257 e. The maximum absolute atomic E-state index is 13.0. The molecular formula is C22H24N4O3S3. The van der Waals surface area contributed by atoms with Crippen molar-refractivity contribution in [2.24, 2.45) is 0 Å². The molecule has 1 aromatic heterocycles. The Hall–Kier alpha value is -2.27. The van der Waals surface area contributed by atoms with Crippen LogP contribution in [0.15, 0.2) is 57.8 Å². The molecule has 10 heteroatoms. The lowest BCUT2D eigenvalue weighted by molar-refractivity contribution is 0.102. The Morgan fingerprint density at radius 3 is 2.59 bits per heavy atom. The summed E-state index contributed by atoms with van der Waals surface area (Å²) < 4.78 is 28.2. The molecule has 1 N–H and O–H groups in total. The molecule has 3 aromatic rings. The minimum absolute atomic E-state index is 0.145. The number of thioether (sulfide) groups is 1. The van der Waals surface area contributed by atoms with Gasteiger partial charge in [-0.25, -0.2) is 8.42 Å². The molecule has 0 atom stereocenters. The summed E-state index contributed by atoms with van der Waals surface area (Å²) in [5.41, 5.74) is 2.20. The largest absolute Gasteiger partial charge is 0.296 e. The highest BCUT2D eigenvalue weighted by Gasteiger charge is 2.27. The molecule has 2 heterocycles. The average molecular weight is 489 g/mol. The molecule has 1 aliphatic rings. The fourth-order valence-corrected chi connectivity index (χ4v) is 6.71. The molecule has 168 valence electrons. The second-order valence-electron chi connectivity index (χ2n) is 7.54. The van der Waals surface area contributed by atoms with Crippen molar-refractivity contribution < 1.29 is 13.2 Å². The van der Waals surface area contributed by atoms with Crippen molar-refractivity contribution in [2.45, 2.75) is 41.2 Å². The molecular weight excluding hydrogens is 464 g/mol. The molecule has 0 radical (unpaired) electrons. The Balaban J connectivity index is 1.45. The minimum atomic E-state index is -3.61. The maximum atomic E-state index is 13.0. The summed E-state index contributed by atoms with van der Waals surface area (Å²) in [5.74, 6) is 0.368. The molecule has 1 fully saturated rings. The fourth-order valence-electron chi connectivity index (χ4n) is 3.46. The number of nitrogens with one attached hydrogen (secondary N) is 1. The number of anilines is 1. The molecule has 1 aliphatic heterocycles. The van der Waals surface area contributed by atoms with Crippen LogP contribution >= 0.6 is 23.1 Å². The number of rotatable bonds is 7. The van der Waals surface area contributed by atoms with Crippen molar-refractivity contribution >= 4 is 44.2 Å². The molecule has 1 amide bonds. The van der Waals surface area contributed by atoms with E-state index in [-0.39, 0.29) is 4.90 Å². The van der Waals surface area contributed by atoms with E-state index in [1.807, 2.05) is 30.3 Å². The molecule has 4 rings (SSSR count). The van der Waals surface area contributed by atoms with Crippen LogP contribution in [0.2, 0.25) is 0 Å². The van der Waals surface area contributed by atoms with Crippen molar-refractivity contribution in [3.63, 3.8) is 0 Å². The summed E-state index contributed by atoms with van der Waals surface area (Å²) in [4.78, 5) is 13.0. The molecule has 0 aliphatic carbocycles. The summed E-state index contributed by atoms with van der Waals surface area (Å²) in [6, 6.07) is 14.7. The fraction of sp³-hybridized carbons (Fsp3) is 0.318. The number of carbonyl (C=O) groups excluding carboxylic acids is 1. The summed E-state index contributed by atoms with van der Waals surface area (Å²) >= 11 is 2.85. The monoisotopic (exact) mass is 488 g/mol. The normalized spacial score (nSPS) is 14.9. The van der Waals surface area contributed by atoms with Crippen LogP contribution in [0.1, 0.15) is 40.7 Å². The zero-order chi connectivity index (χ0) is 22.6. The number of nitrogens with zero attached hydrogens (tertiary/aromatic N) is 3. The second-order valence-corrected chi connectivity index (χ2v) is 11.7. The number of hydrogen-bond acceptors (Lipinski definition) is 7. The number of aromatic nitrogens is 2. The molecule has 7 nitrogen and oxygen atoms in total. The number of amides is 1. The van der Waals surface area contributed by atoms with E-state index >= 15 is 0 Å². The Morgan fingerprint density at radius 2 is 1.84 bits per heavy atom. The van der Waals surface area contributed by atoms with Crippen LogP contribution in [0.25, 0.3) is 0 Å². The molecule has 1 saturated heterocycles. The number of carbonyl (C=O) groups is 1. The molecule has 0 spiro atoms. The number of sulfonamides is 1. The third-order valence-corrected chi connectivity index (χ3v) is 9.18. The van der Waals surface area contributed by atoms with Crippen molar-refractivity contribution in [1.29, 1.82) is 0 Å². The van der Waals surface area contributed by atoms with Gasteiger partial charge in [-0.15, -0.1) is 10.2 Å². The van der Waals surface area contributed by atoms with Crippen molar-refractivity contribution in [3.8, 4) is 0 Å². The minimum Gasteiger partial charge on any atom is -0.296 e. The highest BCUT2D eigenvalue weighted by atomic mass is 32.2. The van der Waals surface area contributed by atoms with E-state index in [4.69, 9.17) is 0 Å². The van der Waals surface area contributed by atoms with Crippen LogP contribution in [0.5, 0.6) is 0 Å². The van der Waals surface area contributed by atoms with E-state index < -0.39 is 15.9 Å². The second kappa shape index (κ2) is 10.1. The first kappa shape index (κ1) is 22.9. The van der Waals surface area contributed by atoms with Gasteiger partial charge in [-0.1, -0.05) is 65.9 Å². The van der Waals surface area contributed by atoms with E-state index in [1.165, 1.54) is 27.3 Å². The van der Waals surface area contributed by atoms with Crippen molar-refractivity contribution in [2.75, 3.05) is 18.4 Å². The van der Waals surface area contributed by atoms with Crippen LogP contribution < -0.4 is 5.32 Å². The van der Waals surface area contributed by atoms with E-state index in [0.29, 0.717) is 29.3 Å². The third-order valence-electron chi connectivity index (χ3n) is 5.24. The van der Waals surface area contributed by atoms with Gasteiger partial charge in [0.05, 0.1) is 4.90 Å². The van der Waals surface area contributed by atoms with Crippen molar-refractivity contribution in [1.82, 2.24) is 14.5 Å². The van der Waals surface area contributed by atoms with Crippen LogP contribution in [-0.2, 0) is 15.8 Å². The third kappa shape index (κ3) is 5.37. The first-order valence-electron chi connectivity index (χ1n) is 10.4. The van der Waals surface area contributed by atoms with Gasteiger partial charge in [0.2, 0.25) is 15.2 Å². The van der Waals surface area contributed by atoms with Crippen LogP contribution in [-0.4, -0.2) is 41.9 Å². The van der Waals surface area contributed by atoms with Gasteiger partial charge in [-0.2, -0.15) is 4.31 Å². The summed E-state index contributed by atoms with van der Waals surface area (Å²) in [5, 5.41) is 11.3. The molecule has 32 heavy (non-hydrogen) atoms. The zero-order valence-corrected chi connectivity index (χ0v) is 20.1. The first-order valence-corrected chi connectivity index (χ1v) is 13.6. The van der Waals surface area contributed by atoms with Crippen molar-refractivity contribution in [3.05, 3.63) is 65.2 Å². The standard InChI is InChI=1S/C22H24N4O3S3/c1-16-10-11-18(32(28,29)26-12-6-3-7-13-26)14-19(16)20(27)23-21-24-25-22(31-21)30-15-17-8-4-2-5-9-17/h2,4-5,8-11,14H,3,6-7,12-13,15H2,1H3,(H,23,24,27). The quantitative estimate of drug-likeness (QED) is 0.387. The summed E-state index contributed by atoms with van der Waals surface area (Å²) in [6.45, 7) is 2.82. The van der Waals surface area contributed by atoms with Gasteiger partial charge in [-0.05, 0) is 43.0 Å². The predicted molar refractivity (Wildman–Crippen MR) is 128 cm³/mol. The molecule has 0 unspecified atom stereocenters. The topological polar surface area (TPSA) is 92.3 Å². The molecule has 0 bridgehead atoms. The van der Waals surface area contributed by atoms with Gasteiger partial charge in [0.1, 0.15) is 0 Å². The van der Waals surface area contributed by atoms with Crippen LogP contribution in [0.3, 0.4) is 0 Å². The van der Waals surface area contributed by atoms with Gasteiger partial charge in [0.15, 0.2) is 4.34 Å². The Kier molecular flexibility index (Phi) is 7.24. The Labute approximate surface area is 196 Å². The lowest BCUT2D eigenvalue weighted by Crippen LogP contribution is -2.35. The zero-order valence-electron chi connectivity index (χ0n) is 17.7. The Morgan fingerprint density at radius 1 is 1.09 bits per heavy atom. The van der Waals surface area contributed by atoms with E-state index in [1.54, 1.807) is 30.8 Å². The van der Waals surface area contributed by atoms with Gasteiger partial charge in [-0.3, -0.25) is 10.1 Å². The maximum Gasteiger partial charge on any atom is 0.257 e. The lowest BCUT2D eigenvalue weighted by atomic mass is 10.1. The van der Waals surface area contributed by atoms with E-state index in [0.717, 1.165) is 29.4 Å². The van der Waals surface area contributed by atoms with Gasteiger partial charge in [0.25, 0.3) is 5.91 Å². The summed E-state index contributed by atoms with van der Waals surface area (Å²) in [6.07, 6.45) is 2.77. The molecule has 0 saturated carbocycles. The highest BCUT2D eigenvalue weighted by molar-refractivity contribution is 8.00. The Bertz CT molecular complexity index is 1190. The average Bonchev–Trinajstić information content (AvgIpc) is 3.26. The molecule has 2 aromatic carbocycles. The number of aryl methyl sites for hydroxylation is 1. The van der Waals surface area contributed by atoms with E-state index in [2.05, 4.69) is 15.5 Å². The SMILES string of the molecule is Cc1ccc(S(=O)(=O)N2CCCCC2)cc1C(=O)Nc1nnc(SCc2ccccc2)s1. The summed E-state index contributed by atoms with van der Waals surface area (Å²) in [7, 11) is -3.61. The van der Waals surface area contributed by atoms with Crippen LogP contribution in [0, 0.1) is 6.92 Å². The van der Waals surface area contributed by atoms with Gasteiger partial charge >= 0.3 is 0 Å². The van der Waals surface area contributed by atoms with E-state index in [9.17, 15) is 13.2 Å². The lowest BCUT2D eigenvalue weighted by Gasteiger charge is -2.26. The number of benzene rings is 2.